The summed E-state index contributed by atoms with van der Waals surface area (Å²) in [6.45, 7) is 4.68. The molecular weight excluding hydrogens is 715 g/mol. The van der Waals surface area contributed by atoms with Gasteiger partial charge >= 0.3 is 0 Å². The fourth-order valence-corrected chi connectivity index (χ4v) is 9.65. The van der Waals surface area contributed by atoms with Crippen LogP contribution in [0.3, 0.4) is 0 Å². The van der Waals surface area contributed by atoms with Crippen LogP contribution in [0.25, 0.3) is 110 Å². The molecule has 3 heteroatoms. The van der Waals surface area contributed by atoms with Crippen molar-refractivity contribution in [1.29, 1.82) is 0 Å². The first-order chi connectivity index (χ1) is 29.0. The van der Waals surface area contributed by atoms with E-state index in [2.05, 4.69) is 202 Å². The lowest BCUT2D eigenvalue weighted by Gasteiger charge is -2.22. The quantitative estimate of drug-likeness (QED) is 0.168. The standard InChI is InChI=1S/C56H37N3/c1-56(2)50-18-10-9-17-46(50)47-30-28-39(33-51(47)56)45-29-27-36-13-5-8-16-44(36)52(45)55-58-53(40-25-23-37-21-19-34-11-3-6-14-42(34)48(37)31-40)57-54(59-55)41-26-24-38-22-20-35-12-4-7-15-43(35)49(38)32-41/h3-33H,1-2H3. The summed E-state index contributed by atoms with van der Waals surface area (Å²) in [5, 5.41) is 11.8. The van der Waals surface area contributed by atoms with Crippen molar-refractivity contribution < 1.29 is 0 Å². The van der Waals surface area contributed by atoms with Gasteiger partial charge in [0, 0.05) is 22.1 Å². The van der Waals surface area contributed by atoms with Crippen LogP contribution in [0, 0.1) is 0 Å². The summed E-state index contributed by atoms with van der Waals surface area (Å²) in [6, 6.07) is 68.0. The topological polar surface area (TPSA) is 38.7 Å². The van der Waals surface area contributed by atoms with E-state index in [9.17, 15) is 0 Å². The van der Waals surface area contributed by atoms with E-state index in [1.165, 1.54) is 65.3 Å². The summed E-state index contributed by atoms with van der Waals surface area (Å²) in [5.41, 5.74) is 10.3. The zero-order valence-corrected chi connectivity index (χ0v) is 32.7. The van der Waals surface area contributed by atoms with Crippen LogP contribution < -0.4 is 0 Å². The first-order valence-electron chi connectivity index (χ1n) is 20.3. The number of hydrogen-bond donors (Lipinski definition) is 0. The molecule has 10 aromatic carbocycles. The highest BCUT2D eigenvalue weighted by atomic mass is 15.0. The minimum Gasteiger partial charge on any atom is -0.208 e. The Morgan fingerprint density at radius 3 is 1.36 bits per heavy atom. The van der Waals surface area contributed by atoms with Gasteiger partial charge in [-0.05, 0) is 105 Å². The molecule has 1 heterocycles. The molecule has 0 aliphatic heterocycles. The SMILES string of the molecule is CC1(C)c2ccccc2-c2ccc(-c3ccc4ccccc4c3-c3nc(-c4ccc5ccc6ccccc6c5c4)nc(-c4ccc5ccc6ccccc6c5c4)n3)cc21. The van der Waals surface area contributed by atoms with Gasteiger partial charge in [-0.15, -0.1) is 0 Å². The molecule has 0 bridgehead atoms. The van der Waals surface area contributed by atoms with Gasteiger partial charge < -0.3 is 0 Å². The first kappa shape index (κ1) is 33.6. The van der Waals surface area contributed by atoms with Crippen LogP contribution in [0.15, 0.2) is 188 Å². The van der Waals surface area contributed by atoms with Crippen molar-refractivity contribution in [2.75, 3.05) is 0 Å². The summed E-state index contributed by atoms with van der Waals surface area (Å²) in [4.78, 5) is 16.2. The maximum atomic E-state index is 5.45. The lowest BCUT2D eigenvalue weighted by molar-refractivity contribution is 0.660. The van der Waals surface area contributed by atoms with Gasteiger partial charge in [-0.2, -0.15) is 0 Å². The Kier molecular flexibility index (Phi) is 7.27. The molecule has 59 heavy (non-hydrogen) atoms. The predicted molar refractivity (Wildman–Crippen MR) is 247 cm³/mol. The summed E-state index contributed by atoms with van der Waals surface area (Å²) in [6.07, 6.45) is 0. The first-order valence-corrected chi connectivity index (χ1v) is 20.3. The van der Waals surface area contributed by atoms with Crippen molar-refractivity contribution in [3.63, 3.8) is 0 Å². The third-order valence-electron chi connectivity index (χ3n) is 12.7. The largest absolute Gasteiger partial charge is 0.208 e. The number of benzene rings is 10. The van der Waals surface area contributed by atoms with Crippen LogP contribution >= 0.6 is 0 Å². The lowest BCUT2D eigenvalue weighted by Crippen LogP contribution is -2.14. The third-order valence-corrected chi connectivity index (χ3v) is 12.7. The zero-order chi connectivity index (χ0) is 39.2. The smallest absolute Gasteiger partial charge is 0.165 e. The van der Waals surface area contributed by atoms with Gasteiger partial charge in [0.05, 0.1) is 0 Å². The van der Waals surface area contributed by atoms with Crippen LogP contribution in [0.5, 0.6) is 0 Å². The fourth-order valence-electron chi connectivity index (χ4n) is 9.65. The van der Waals surface area contributed by atoms with E-state index >= 15 is 0 Å². The molecular formula is C56H37N3. The minimum atomic E-state index is -0.132. The molecule has 0 N–H and O–H groups in total. The molecule has 0 saturated carbocycles. The lowest BCUT2D eigenvalue weighted by atomic mass is 9.81. The zero-order valence-electron chi connectivity index (χ0n) is 32.7. The molecule has 0 amide bonds. The van der Waals surface area contributed by atoms with E-state index in [0.29, 0.717) is 17.5 Å². The van der Waals surface area contributed by atoms with Crippen molar-refractivity contribution in [3.8, 4) is 56.4 Å². The van der Waals surface area contributed by atoms with Crippen LogP contribution in [0.2, 0.25) is 0 Å². The molecule has 11 aromatic rings. The van der Waals surface area contributed by atoms with Gasteiger partial charge in [-0.25, -0.2) is 15.0 Å². The summed E-state index contributed by atoms with van der Waals surface area (Å²) < 4.78 is 0. The number of aromatic nitrogens is 3. The van der Waals surface area contributed by atoms with Gasteiger partial charge in [0.25, 0.3) is 0 Å². The minimum absolute atomic E-state index is 0.132. The Hall–Kier alpha value is -7.49. The Labute approximate surface area is 342 Å². The van der Waals surface area contributed by atoms with Crippen molar-refractivity contribution >= 4 is 53.9 Å². The van der Waals surface area contributed by atoms with Gasteiger partial charge in [0.15, 0.2) is 17.5 Å². The molecule has 0 saturated heterocycles. The average molecular weight is 752 g/mol. The molecule has 0 atom stereocenters. The molecule has 3 nitrogen and oxygen atoms in total. The highest BCUT2D eigenvalue weighted by Gasteiger charge is 2.35. The van der Waals surface area contributed by atoms with Crippen molar-refractivity contribution in [3.05, 3.63) is 199 Å². The van der Waals surface area contributed by atoms with Gasteiger partial charge in [0.1, 0.15) is 0 Å². The van der Waals surface area contributed by atoms with Crippen LogP contribution in [0.4, 0.5) is 0 Å². The predicted octanol–water partition coefficient (Wildman–Crippen LogP) is 14.6. The third kappa shape index (κ3) is 5.25. The Morgan fingerprint density at radius 2 is 0.729 bits per heavy atom. The number of fused-ring (bicyclic) bond motifs is 10. The Bertz CT molecular complexity index is 3410. The van der Waals surface area contributed by atoms with Gasteiger partial charge in [-0.1, -0.05) is 184 Å². The Balaban J connectivity index is 1.13. The molecule has 1 aliphatic carbocycles. The van der Waals surface area contributed by atoms with E-state index in [4.69, 9.17) is 15.0 Å². The maximum Gasteiger partial charge on any atom is 0.165 e. The second-order valence-corrected chi connectivity index (χ2v) is 16.4. The maximum absolute atomic E-state index is 5.45. The number of rotatable bonds is 4. The molecule has 12 rings (SSSR count). The second-order valence-electron chi connectivity index (χ2n) is 16.4. The highest BCUT2D eigenvalue weighted by Crippen LogP contribution is 2.50. The van der Waals surface area contributed by atoms with E-state index in [1.807, 2.05) is 0 Å². The van der Waals surface area contributed by atoms with E-state index in [0.717, 1.165) is 38.6 Å². The molecule has 0 unspecified atom stereocenters. The van der Waals surface area contributed by atoms with Crippen LogP contribution in [-0.2, 0) is 5.41 Å². The second kappa shape index (κ2) is 12.8. The summed E-state index contributed by atoms with van der Waals surface area (Å²) in [5.74, 6) is 1.93. The molecule has 1 aliphatic rings. The van der Waals surface area contributed by atoms with Gasteiger partial charge in [-0.3, -0.25) is 0 Å². The molecule has 0 radical (unpaired) electrons. The molecule has 0 fully saturated rings. The number of nitrogens with zero attached hydrogens (tertiary/aromatic N) is 3. The summed E-state index contributed by atoms with van der Waals surface area (Å²) >= 11 is 0. The Morgan fingerprint density at radius 1 is 0.305 bits per heavy atom. The molecule has 0 spiro atoms. The van der Waals surface area contributed by atoms with E-state index in [-0.39, 0.29) is 5.41 Å². The van der Waals surface area contributed by atoms with Crippen molar-refractivity contribution in [2.45, 2.75) is 19.3 Å². The van der Waals surface area contributed by atoms with E-state index in [1.54, 1.807) is 0 Å². The van der Waals surface area contributed by atoms with Crippen LogP contribution in [-0.4, -0.2) is 15.0 Å². The van der Waals surface area contributed by atoms with Crippen LogP contribution in [0.1, 0.15) is 25.0 Å². The fraction of sp³-hybridized carbons (Fsp3) is 0.0536. The van der Waals surface area contributed by atoms with E-state index < -0.39 is 0 Å². The monoisotopic (exact) mass is 751 g/mol. The summed E-state index contributed by atoms with van der Waals surface area (Å²) in [7, 11) is 0. The number of hydrogen-bond acceptors (Lipinski definition) is 3. The van der Waals surface area contributed by atoms with Crippen molar-refractivity contribution in [2.24, 2.45) is 0 Å². The van der Waals surface area contributed by atoms with Crippen molar-refractivity contribution in [1.82, 2.24) is 15.0 Å². The molecule has 1 aromatic heterocycles. The average Bonchev–Trinajstić information content (AvgIpc) is 3.53. The highest BCUT2D eigenvalue weighted by molar-refractivity contribution is 6.10. The van der Waals surface area contributed by atoms with Gasteiger partial charge in [0.2, 0.25) is 0 Å². The molecule has 276 valence electrons. The normalized spacial score (nSPS) is 13.1.